The van der Waals surface area contributed by atoms with Gasteiger partial charge in [-0.25, -0.2) is 14.5 Å². The molecule has 0 radical (unpaired) electrons. The van der Waals surface area contributed by atoms with Crippen LogP contribution in [0, 0.1) is 32.5 Å². The zero-order valence-corrected chi connectivity index (χ0v) is 94.9. The summed E-state index contributed by atoms with van der Waals surface area (Å²) in [7, 11) is 9.16. The van der Waals surface area contributed by atoms with Crippen molar-refractivity contribution in [1.82, 2.24) is 25.8 Å². The Morgan fingerprint density at radius 2 is 0.562 bits per heavy atom. The van der Waals surface area contributed by atoms with Gasteiger partial charge >= 0.3 is 24.0 Å². The van der Waals surface area contributed by atoms with Crippen LogP contribution in [0.4, 0.5) is 4.79 Å². The summed E-state index contributed by atoms with van der Waals surface area (Å²) in [5, 5.41) is 52.3. The largest absolute Gasteiger partial charge is 0.480 e. The van der Waals surface area contributed by atoms with Gasteiger partial charge in [-0.1, -0.05) is 183 Å². The average molecular weight is 2090 g/mol. The number of nitrogens with one attached hydrogen (secondary N) is 3. The zero-order valence-electron chi connectivity index (χ0n) is 94.9. The maximum absolute atomic E-state index is 12.2. The number of carbonyl (C=O) groups excluding carboxylic acids is 3. The van der Waals surface area contributed by atoms with Crippen LogP contribution in [-0.4, -0.2) is 421 Å². The van der Waals surface area contributed by atoms with Gasteiger partial charge in [-0.2, -0.15) is 0 Å². The fraction of sp³-hybridized carbons (Fsp3) is 0.943. The van der Waals surface area contributed by atoms with E-state index in [1.807, 2.05) is 33.1 Å². The minimum atomic E-state index is -1.07. The molecule has 0 aromatic carbocycles. The highest BCUT2D eigenvalue weighted by atomic mass is 17.1. The first-order chi connectivity index (χ1) is 68.1. The summed E-state index contributed by atoms with van der Waals surface area (Å²) in [6, 6.07) is -1.89. The Bertz CT molecular complexity index is 2760. The number of aliphatic carboxylic acids is 3. The van der Waals surface area contributed by atoms with Crippen molar-refractivity contribution in [2.24, 2.45) is 38.2 Å². The number of hydrogen-bond donors (Lipinski definition) is 9. The molecule has 4 atom stereocenters. The van der Waals surface area contributed by atoms with E-state index in [2.05, 4.69) is 152 Å². The van der Waals surface area contributed by atoms with Crippen LogP contribution < -0.4 is 21.7 Å². The number of unbranched alkanes of at least 4 members (excludes halogenated alkanes) is 4. The molecule has 0 aliphatic carbocycles. The van der Waals surface area contributed by atoms with Crippen LogP contribution in [0.15, 0.2) is 0 Å². The normalized spacial score (nSPS) is 12.7. The van der Waals surface area contributed by atoms with Crippen molar-refractivity contribution in [3.05, 3.63) is 0 Å². The number of likely N-dealkylation sites (N-methyl/N-ethyl adjacent to an activating group) is 2. The van der Waals surface area contributed by atoms with E-state index < -0.39 is 36.1 Å². The van der Waals surface area contributed by atoms with Gasteiger partial charge in [0.1, 0.15) is 31.3 Å². The molecular formula is C105H216N6O33. The lowest BCUT2D eigenvalue weighted by molar-refractivity contribution is -0.249. The molecule has 0 bridgehead atoms. The molecule has 864 valence electrons. The third-order valence-electron chi connectivity index (χ3n) is 20.3. The number of amides is 3. The predicted molar refractivity (Wildman–Crippen MR) is 563 cm³/mol. The second-order valence-corrected chi connectivity index (χ2v) is 42.2. The van der Waals surface area contributed by atoms with E-state index in [9.17, 15) is 33.9 Å². The van der Waals surface area contributed by atoms with Crippen LogP contribution in [0.3, 0.4) is 0 Å². The summed E-state index contributed by atoms with van der Waals surface area (Å²) in [4.78, 5) is 75.3. The first-order valence-corrected chi connectivity index (χ1v) is 52.7. The molecule has 0 rings (SSSR count). The Kier molecular flexibility index (Phi) is 110. The summed E-state index contributed by atoms with van der Waals surface area (Å²) >= 11 is 0. The summed E-state index contributed by atoms with van der Waals surface area (Å²) in [5.41, 5.74) is 6.84. The van der Waals surface area contributed by atoms with E-state index in [0.717, 1.165) is 122 Å². The molecule has 4 unspecified atom stereocenters. The summed E-state index contributed by atoms with van der Waals surface area (Å²) in [6.45, 7) is 62.7. The molecule has 0 aliphatic rings. The minimum Gasteiger partial charge on any atom is -0.480 e. The van der Waals surface area contributed by atoms with Crippen LogP contribution in [0.5, 0.6) is 0 Å². The van der Waals surface area contributed by atoms with Gasteiger partial charge in [-0.15, -0.1) is 0 Å². The van der Waals surface area contributed by atoms with E-state index in [4.69, 9.17) is 126 Å². The predicted octanol–water partition coefficient (Wildman–Crippen LogP) is 13.6. The Balaban J connectivity index is -0.000000419. The molecule has 0 aliphatic heterocycles. The number of hydrogen-bond acceptors (Lipinski definition) is 33. The Morgan fingerprint density at radius 3 is 0.847 bits per heavy atom. The molecule has 0 saturated carbocycles. The number of carboxylic acid groups (broad SMARTS) is 3. The number of aliphatic hydroxyl groups excluding tert-OH is 1. The Morgan fingerprint density at radius 1 is 0.299 bits per heavy atom. The van der Waals surface area contributed by atoms with Gasteiger partial charge in [0.2, 0.25) is 11.8 Å². The van der Waals surface area contributed by atoms with Crippen LogP contribution in [0.1, 0.15) is 266 Å². The second kappa shape index (κ2) is 106. The van der Waals surface area contributed by atoms with Crippen molar-refractivity contribution in [3.8, 4) is 0 Å². The van der Waals surface area contributed by atoms with Crippen molar-refractivity contribution < 1.29 is 159 Å². The van der Waals surface area contributed by atoms with Crippen molar-refractivity contribution in [2.75, 3.05) is 326 Å². The summed E-state index contributed by atoms with van der Waals surface area (Å²) < 4.78 is 112. The molecule has 0 fully saturated rings. The lowest BCUT2D eigenvalue weighted by atomic mass is 9.89. The highest BCUT2D eigenvalue weighted by Gasteiger charge is 2.25. The summed E-state index contributed by atoms with van der Waals surface area (Å²) in [5.74, 6) is -2.73. The van der Waals surface area contributed by atoms with Crippen LogP contribution in [0.25, 0.3) is 0 Å². The monoisotopic (exact) mass is 2090 g/mol. The topological polar surface area (TPSA) is 475 Å². The molecule has 0 spiro atoms. The maximum atomic E-state index is 12.2. The summed E-state index contributed by atoms with van der Waals surface area (Å²) in [6.07, 6.45) is 18.8. The van der Waals surface area contributed by atoms with Crippen LogP contribution in [0.2, 0.25) is 0 Å². The number of primary amides is 1. The third kappa shape index (κ3) is 136. The molecule has 0 heterocycles. The van der Waals surface area contributed by atoms with Crippen LogP contribution >= 0.6 is 0 Å². The van der Waals surface area contributed by atoms with E-state index in [1.165, 1.54) is 6.42 Å². The number of ether oxygens (including phenoxy) is 21. The number of methoxy groups -OCH3 is 1. The van der Waals surface area contributed by atoms with Crippen molar-refractivity contribution in [1.29, 1.82) is 0 Å². The van der Waals surface area contributed by atoms with Gasteiger partial charge in [-0.3, -0.25) is 34.2 Å². The zero-order chi connectivity index (χ0) is 110. The van der Waals surface area contributed by atoms with Gasteiger partial charge < -0.3 is 142 Å². The average Bonchev–Trinajstić information content (AvgIpc) is 0.903. The maximum Gasteiger partial charge on any atom is 0.407 e. The molecule has 3 amide bonds. The number of carbonyl (C=O) groups is 6. The smallest absolute Gasteiger partial charge is 0.407 e. The van der Waals surface area contributed by atoms with Gasteiger partial charge in [0.15, 0.2) is 0 Å². The van der Waals surface area contributed by atoms with E-state index in [0.29, 0.717) is 297 Å². The SMILES string of the molecule is CC(C)(C)CCCC(N)=O.CC(C)(C)CCCCC(NCCOCCOO)C(=O)O.CCCOCCOCCOCCOCCOCCOCCOCCOCCOCCOCCOCCC(C)(C)C.CN(C)C(CCCCC(C)(C)C)C(=O)NCCOCCO.CN(C)C(CCCCC(C)(C)C)C(=O)O.COCCOCCOCCOCCOCCOCCOCCOC(=O)NC(CCCCC(C)(C)C)C(=O)O. The lowest BCUT2D eigenvalue weighted by Gasteiger charge is -2.24. The van der Waals surface area contributed by atoms with Gasteiger partial charge in [0, 0.05) is 39.8 Å². The van der Waals surface area contributed by atoms with E-state index >= 15 is 0 Å². The van der Waals surface area contributed by atoms with Crippen molar-refractivity contribution in [3.63, 3.8) is 0 Å². The number of nitrogens with zero attached hydrogens (tertiary/aromatic N) is 2. The van der Waals surface area contributed by atoms with Crippen molar-refractivity contribution in [2.45, 2.75) is 291 Å². The Labute approximate surface area is 871 Å². The van der Waals surface area contributed by atoms with Gasteiger partial charge in [0.25, 0.3) is 0 Å². The van der Waals surface area contributed by atoms with E-state index in [1.54, 1.807) is 12.0 Å². The number of nitrogens with two attached hydrogens (primary N) is 1. The first kappa shape index (κ1) is 150. The standard InChI is InChI=1S/C29H60O11.C26H51NO11.C16H34N2O3.C14H29NO5.C12H25NO2.C8H17NO/c1-5-7-30-9-11-32-13-15-34-17-19-36-21-23-38-25-27-40-28-26-39-24-22-37-20-18-35-16-14-33-12-10-31-8-6-29(2,3)4;1-26(2,3)8-6-5-7-23(24(28)29)27-25(30)38-22-21-37-20-19-36-18-17-35-16-15-34-14-13-33-12-11-32-10-9-31-4;1-16(2,3)9-7-6-8-14(18(4)5)15(20)17-10-12-21-13-11-19;1-14(2,3)7-5-4-6-12(13(16)17)15-8-9-19-10-11-20-18;1-12(2,3)9-7-6-8-10(11(14)15)13(4)5;1-8(2,3)6-4-5-7(9)10/h5-28H2,1-4H3;23H,5-22H2,1-4H3,(H,27,30)(H,28,29);14,19H,6-13H2,1-5H3,(H,17,20);12,15,18H,4-11H2,1-3H3,(H,16,17);10H,6-9H2,1-5H3,(H,14,15);4-6H2,1-3H3,(H2,9,10). The lowest BCUT2D eigenvalue weighted by Crippen LogP contribution is -2.44. The van der Waals surface area contributed by atoms with E-state index in [-0.39, 0.29) is 55.7 Å². The molecule has 39 nitrogen and oxygen atoms in total. The fourth-order valence-corrected chi connectivity index (χ4v) is 12.2. The molecule has 0 saturated heterocycles. The molecule has 144 heavy (non-hydrogen) atoms. The number of aliphatic hydroxyl groups is 1. The third-order valence-corrected chi connectivity index (χ3v) is 20.3. The molecule has 39 heteroatoms. The van der Waals surface area contributed by atoms with Gasteiger partial charge in [-0.05, 0) is 138 Å². The van der Waals surface area contributed by atoms with Crippen molar-refractivity contribution >= 4 is 35.8 Å². The quantitative estimate of drug-likeness (QED) is 0.0155. The molecule has 0 aromatic rings. The molecule has 0 aromatic heterocycles. The number of alkyl carbamates (subject to hydrolysis) is 1. The Hall–Kier alpha value is -4.42. The van der Waals surface area contributed by atoms with Crippen LogP contribution in [-0.2, 0) is 128 Å². The minimum absolute atomic E-state index is 0.0159. The number of rotatable bonds is 93. The van der Waals surface area contributed by atoms with Gasteiger partial charge in [0.05, 0.1) is 257 Å². The fourth-order valence-electron chi connectivity index (χ4n) is 12.2. The second-order valence-electron chi connectivity index (χ2n) is 42.2. The molecule has 10 N–H and O–H groups in total. The first-order valence-electron chi connectivity index (χ1n) is 52.7. The molecular weight excluding hydrogens is 1870 g/mol. The highest BCUT2D eigenvalue weighted by molar-refractivity contribution is 5.81. The number of carboxylic acids is 3. The highest BCUT2D eigenvalue weighted by Crippen LogP contribution is 2.27.